The Morgan fingerprint density at radius 2 is 1.04 bits per heavy atom. The third kappa shape index (κ3) is 14.9. The molecule has 21 heteroatoms. The fourth-order valence-electron chi connectivity index (χ4n) is 9.47. The number of ether oxygens (including phenoxy) is 3. The predicted molar refractivity (Wildman–Crippen MR) is 330 cm³/mol. The standard InChI is InChI=1S/2C20H23N3O2S2.C11H19NO3.C9H6N2S/c1-11-9-12-15(10-23(11)19(24)25-20(2,3)4)26-17(21)16(12)18-22-13-7-5-6-8-14(13)27-18;1-11-16-12(9-10-23(11)19(24)25-20(2,3)4)15(17(21)27-16)18-22-13-7-5-6-8-14(13)26-18;1-8-7-9(13)5-6-12(8)10(14)15-11(2,3)4;10-6-5-9-11-7-3-1-2-4-8(7)12-9/h2*5-8,11H,9-10,21H2,1-4H3;8H,5-7H2,1-4H3;1-4H,5H2. The van der Waals surface area contributed by atoms with Gasteiger partial charge in [0.25, 0.3) is 0 Å². The van der Waals surface area contributed by atoms with Gasteiger partial charge in [-0.15, -0.1) is 56.7 Å². The van der Waals surface area contributed by atoms with Crippen molar-refractivity contribution in [3.63, 3.8) is 0 Å². The van der Waals surface area contributed by atoms with Gasteiger partial charge in [0.15, 0.2) is 0 Å². The molecule has 11 rings (SSSR count). The number of para-hydroxylation sites is 3. The third-order valence-corrected chi connectivity index (χ3v) is 18.6. The highest BCUT2D eigenvalue weighted by atomic mass is 32.1. The Morgan fingerprint density at radius 1 is 0.593 bits per heavy atom. The van der Waals surface area contributed by atoms with Crippen LogP contribution < -0.4 is 11.5 Å². The number of piperidine rings is 1. The first-order valence-electron chi connectivity index (χ1n) is 26.9. The van der Waals surface area contributed by atoms with Crippen LogP contribution in [0.4, 0.5) is 24.4 Å². The van der Waals surface area contributed by atoms with Crippen molar-refractivity contribution < 1.29 is 33.4 Å². The molecule has 81 heavy (non-hydrogen) atoms. The molecule has 5 aromatic heterocycles. The van der Waals surface area contributed by atoms with Crippen LogP contribution in [-0.4, -0.2) is 95.7 Å². The molecule has 1 saturated heterocycles. The Kier molecular flexibility index (Phi) is 18.5. The van der Waals surface area contributed by atoms with Crippen LogP contribution in [0, 0.1) is 11.3 Å². The Hall–Kier alpha value is -6.70. The first-order valence-corrected chi connectivity index (χ1v) is 31.0. The van der Waals surface area contributed by atoms with Crippen molar-refractivity contribution in [2.45, 2.75) is 157 Å². The van der Waals surface area contributed by atoms with Crippen molar-refractivity contribution in [2.75, 3.05) is 24.6 Å². The lowest BCUT2D eigenvalue weighted by Gasteiger charge is -2.35. The lowest BCUT2D eigenvalue weighted by Crippen LogP contribution is -2.46. The van der Waals surface area contributed by atoms with Gasteiger partial charge in [0.2, 0.25) is 0 Å². The maximum Gasteiger partial charge on any atom is 0.410 e. The minimum atomic E-state index is -0.502. The molecule has 3 aliphatic heterocycles. The highest BCUT2D eigenvalue weighted by molar-refractivity contribution is 7.23. The number of aromatic nitrogens is 3. The Bertz CT molecular complexity index is 3500. The number of nitriles is 1. The van der Waals surface area contributed by atoms with Crippen molar-refractivity contribution in [1.29, 1.82) is 5.26 Å². The fourth-order valence-corrected chi connectivity index (χ4v) is 14.9. The molecule has 1 fully saturated rings. The summed E-state index contributed by atoms with van der Waals surface area (Å²) < 4.78 is 19.9. The average Bonchev–Trinajstić information content (AvgIpc) is 4.37. The number of Topliss-reactive ketones (excluding diaryl/α,β-unsaturated/α-hetero) is 1. The molecular formula is C60H71N9O7S5. The van der Waals surface area contributed by atoms with Gasteiger partial charge in [0, 0.05) is 58.9 Å². The number of ketones is 1. The second-order valence-electron chi connectivity index (χ2n) is 23.1. The number of nitrogens with zero attached hydrogens (tertiary/aromatic N) is 7. The number of carbonyl (C=O) groups is 4. The van der Waals surface area contributed by atoms with E-state index in [1.807, 2.05) is 137 Å². The zero-order valence-corrected chi connectivity index (χ0v) is 52.1. The zero-order chi connectivity index (χ0) is 58.7. The maximum atomic E-state index is 12.6. The van der Waals surface area contributed by atoms with Crippen molar-refractivity contribution in [1.82, 2.24) is 29.7 Å². The predicted octanol–water partition coefficient (Wildman–Crippen LogP) is 15.1. The summed E-state index contributed by atoms with van der Waals surface area (Å²) in [5.74, 6) is 0.224. The number of hydrogen-bond donors (Lipinski definition) is 2. The summed E-state index contributed by atoms with van der Waals surface area (Å²) in [4.78, 5) is 69.4. The number of anilines is 2. The third-order valence-electron chi connectivity index (χ3n) is 13.1. The van der Waals surface area contributed by atoms with Gasteiger partial charge >= 0.3 is 18.3 Å². The van der Waals surface area contributed by atoms with E-state index in [1.54, 1.807) is 71.4 Å². The summed E-state index contributed by atoms with van der Waals surface area (Å²) in [6, 6.07) is 26.2. The minimum Gasteiger partial charge on any atom is -0.444 e. The van der Waals surface area contributed by atoms with E-state index in [4.69, 9.17) is 40.9 Å². The van der Waals surface area contributed by atoms with Gasteiger partial charge in [-0.1, -0.05) is 36.4 Å². The van der Waals surface area contributed by atoms with E-state index in [1.165, 1.54) is 11.1 Å². The fraction of sp³-hybridized carbons (Fsp3) is 0.433. The van der Waals surface area contributed by atoms with Crippen LogP contribution in [0.1, 0.15) is 128 Å². The van der Waals surface area contributed by atoms with Gasteiger partial charge in [-0.3, -0.25) is 4.79 Å². The van der Waals surface area contributed by atoms with Crippen LogP contribution in [0.15, 0.2) is 72.8 Å². The van der Waals surface area contributed by atoms with Crippen LogP contribution in [-0.2, 0) is 44.8 Å². The van der Waals surface area contributed by atoms with Gasteiger partial charge in [-0.2, -0.15) is 5.26 Å². The van der Waals surface area contributed by atoms with Gasteiger partial charge < -0.3 is 40.4 Å². The lowest BCUT2D eigenvalue weighted by atomic mass is 9.98. The van der Waals surface area contributed by atoms with Gasteiger partial charge in [0.05, 0.1) is 65.7 Å². The largest absolute Gasteiger partial charge is 0.444 e. The second-order valence-corrected chi connectivity index (χ2v) is 28.5. The number of carbonyl (C=O) groups excluding carboxylic acids is 4. The van der Waals surface area contributed by atoms with Crippen LogP contribution in [0.5, 0.6) is 0 Å². The van der Waals surface area contributed by atoms with Gasteiger partial charge in [-0.25, -0.2) is 29.3 Å². The molecule has 3 aromatic carbocycles. The number of likely N-dealkylation sites (tertiary alicyclic amines) is 1. The van der Waals surface area contributed by atoms with Crippen LogP contribution >= 0.6 is 56.7 Å². The molecule has 4 N–H and O–H groups in total. The molecule has 0 bridgehead atoms. The molecular weight excluding hydrogens is 1120 g/mol. The first-order chi connectivity index (χ1) is 38.2. The van der Waals surface area contributed by atoms with E-state index in [0.717, 1.165) is 89.4 Å². The van der Waals surface area contributed by atoms with Gasteiger partial charge in [-0.05, 0) is 143 Å². The summed E-state index contributed by atoms with van der Waals surface area (Å²) in [6.45, 7) is 24.5. The molecule has 8 aromatic rings. The number of amides is 3. The smallest absolute Gasteiger partial charge is 0.410 e. The number of rotatable bonds is 3. The number of thiazole rings is 3. The molecule has 0 radical (unpaired) electrons. The molecule has 0 saturated carbocycles. The summed E-state index contributed by atoms with van der Waals surface area (Å²) in [6.07, 6.45) is 1.97. The summed E-state index contributed by atoms with van der Waals surface area (Å²) >= 11 is 8.05. The van der Waals surface area contributed by atoms with Gasteiger partial charge in [0.1, 0.15) is 37.6 Å². The summed E-state index contributed by atoms with van der Waals surface area (Å²) in [7, 11) is 0. The molecule has 3 aliphatic rings. The Morgan fingerprint density at radius 3 is 1.53 bits per heavy atom. The summed E-state index contributed by atoms with van der Waals surface area (Å²) in [5.41, 5.74) is 18.9. The minimum absolute atomic E-state index is 0.0406. The molecule has 3 atom stereocenters. The quantitative estimate of drug-likeness (QED) is 0.157. The number of thiophene rings is 2. The number of fused-ring (bicyclic) bond motifs is 5. The molecule has 0 aliphatic carbocycles. The Labute approximate surface area is 493 Å². The van der Waals surface area contributed by atoms with Crippen molar-refractivity contribution >= 4 is 121 Å². The maximum absolute atomic E-state index is 12.6. The number of nitrogen functional groups attached to an aromatic ring is 2. The van der Waals surface area contributed by atoms with E-state index < -0.39 is 16.8 Å². The van der Waals surface area contributed by atoms with E-state index >= 15 is 0 Å². The topological polar surface area (TPSA) is 220 Å². The molecule has 428 valence electrons. The van der Waals surface area contributed by atoms with E-state index in [0.29, 0.717) is 38.9 Å². The number of nitrogens with two attached hydrogens (primary N) is 2. The SMILES string of the molecule is CC1CC(=O)CCN1C(=O)OC(C)(C)C.CC1Cc2c(sc(N)c2-c2nc3ccccc3s2)CN1C(=O)OC(C)(C)C.CC1c2sc(N)c(-c3nc4ccccc4s3)c2CCN1C(=O)OC(C)(C)C.N#CCc1nc2ccccc2s1. The molecule has 16 nitrogen and oxygen atoms in total. The molecule has 8 heterocycles. The zero-order valence-electron chi connectivity index (χ0n) is 48.0. The average molecular weight is 1190 g/mol. The monoisotopic (exact) mass is 1190 g/mol. The van der Waals surface area contributed by atoms with E-state index in [-0.39, 0.29) is 42.2 Å². The highest BCUT2D eigenvalue weighted by Crippen LogP contribution is 2.48. The molecule has 3 unspecified atom stereocenters. The van der Waals surface area contributed by atoms with Crippen LogP contribution in [0.25, 0.3) is 51.8 Å². The van der Waals surface area contributed by atoms with Crippen LogP contribution in [0.2, 0.25) is 0 Å². The van der Waals surface area contributed by atoms with Crippen LogP contribution in [0.3, 0.4) is 0 Å². The summed E-state index contributed by atoms with van der Waals surface area (Å²) in [5, 5.41) is 12.8. The molecule has 3 amide bonds. The van der Waals surface area contributed by atoms with Crippen molar-refractivity contribution in [3.05, 3.63) is 98.7 Å². The highest BCUT2D eigenvalue weighted by Gasteiger charge is 2.37. The second kappa shape index (κ2) is 24.8. The lowest BCUT2D eigenvalue weighted by molar-refractivity contribution is -0.122. The molecule has 0 spiro atoms. The number of benzene rings is 3. The van der Waals surface area contributed by atoms with Crippen molar-refractivity contribution in [2.24, 2.45) is 0 Å². The number of hydrogen-bond acceptors (Lipinski definition) is 18. The van der Waals surface area contributed by atoms with Crippen molar-refractivity contribution in [3.8, 4) is 27.2 Å². The van der Waals surface area contributed by atoms with E-state index in [2.05, 4.69) is 30.1 Å². The first kappa shape index (κ1) is 60.4. The normalized spacial score (nSPS) is 17.1. The van der Waals surface area contributed by atoms with E-state index in [9.17, 15) is 19.2 Å². The Balaban J connectivity index is 0.000000149.